The van der Waals surface area contributed by atoms with Gasteiger partial charge < -0.3 is 20.8 Å². The van der Waals surface area contributed by atoms with Crippen molar-refractivity contribution in [3.63, 3.8) is 0 Å². The molecular weight excluding hydrogens is 436 g/mol. The van der Waals surface area contributed by atoms with E-state index in [4.69, 9.17) is 11.1 Å². The van der Waals surface area contributed by atoms with Gasteiger partial charge in [0, 0.05) is 39.8 Å². The summed E-state index contributed by atoms with van der Waals surface area (Å²) in [5, 5.41) is 17.6. The van der Waals surface area contributed by atoms with E-state index in [2.05, 4.69) is 0 Å². The van der Waals surface area contributed by atoms with E-state index in [1.54, 1.807) is 30.3 Å². The number of nitrogens with two attached hydrogens (primary N) is 1. The number of rotatable bonds is 5. The number of nitrogens with one attached hydrogen (secondary N) is 1. The molecule has 5 nitrogen and oxygen atoms in total. The molecule has 1 aromatic heterocycles. The van der Waals surface area contributed by atoms with Crippen LogP contribution in [0.15, 0.2) is 54.6 Å². The Kier molecular flexibility index (Phi) is 7.15. The van der Waals surface area contributed by atoms with Gasteiger partial charge in [-0.15, -0.1) is 0 Å². The molecule has 7 heteroatoms. The quantitative estimate of drug-likeness (QED) is 0.220. The second-order valence-electron chi connectivity index (χ2n) is 7.87. The lowest BCUT2D eigenvalue weighted by atomic mass is 9.95. The van der Waals surface area contributed by atoms with E-state index in [1.165, 1.54) is 24.3 Å². The number of benzene rings is 3. The van der Waals surface area contributed by atoms with Gasteiger partial charge in [0.1, 0.15) is 11.6 Å². The molecule has 0 atom stereocenters. The minimum atomic E-state index is -1.34. The summed E-state index contributed by atoms with van der Waals surface area (Å²) in [5.41, 5.74) is 10.1. The smallest absolute Gasteiger partial charge is 0.338 e. The zero-order chi connectivity index (χ0) is 25.2. The standard InChI is InChI=1S/C25H21F2N3O2.C2H6/c1-13(2)24-23(14-3-8-18(25(31)32)20(27)9-14)19-11-21(29)15(12-28)10-22(19)30(24)17-6-4-16(26)5-7-17;1-2/h3-13,28H,29H2,1-2H3,(H,31,32);1-2H3. The minimum absolute atomic E-state index is 0.0330. The monoisotopic (exact) mass is 463 g/mol. The van der Waals surface area contributed by atoms with Crippen LogP contribution in [0.1, 0.15) is 55.2 Å². The van der Waals surface area contributed by atoms with Crippen molar-refractivity contribution in [2.75, 3.05) is 5.73 Å². The molecular formula is C27H27F2N3O2. The van der Waals surface area contributed by atoms with Crippen LogP contribution in [-0.4, -0.2) is 21.9 Å². The lowest BCUT2D eigenvalue weighted by molar-refractivity contribution is 0.0692. The SMILES string of the molecule is CC.CC(C)c1c(-c2ccc(C(=O)O)c(F)c2)c2cc(N)c(C=N)cc2n1-c1ccc(F)cc1. The van der Waals surface area contributed by atoms with Crippen molar-refractivity contribution >= 4 is 28.8 Å². The largest absolute Gasteiger partial charge is 0.478 e. The number of nitrogens with zero attached hydrogens (tertiary/aromatic N) is 1. The first-order chi connectivity index (χ1) is 16.2. The Bertz CT molecular complexity index is 1370. The first-order valence-corrected chi connectivity index (χ1v) is 11.0. The summed E-state index contributed by atoms with van der Waals surface area (Å²) in [7, 11) is 0. The maximum atomic E-state index is 14.6. The number of halogens is 2. The summed E-state index contributed by atoms with van der Waals surface area (Å²) in [6.07, 6.45) is 1.16. The zero-order valence-corrected chi connectivity index (χ0v) is 19.5. The van der Waals surface area contributed by atoms with Gasteiger partial charge in [-0.2, -0.15) is 0 Å². The van der Waals surface area contributed by atoms with Crippen molar-refractivity contribution in [3.8, 4) is 16.8 Å². The molecule has 4 rings (SSSR count). The number of carboxylic acid groups (broad SMARTS) is 1. The highest BCUT2D eigenvalue weighted by molar-refractivity contribution is 6.04. The second-order valence-corrected chi connectivity index (χ2v) is 7.87. The Morgan fingerprint density at radius 1 is 1.06 bits per heavy atom. The molecule has 4 N–H and O–H groups in total. The van der Waals surface area contributed by atoms with E-state index in [0.717, 1.165) is 22.8 Å². The number of fused-ring (bicyclic) bond motifs is 1. The van der Waals surface area contributed by atoms with Gasteiger partial charge in [0.25, 0.3) is 0 Å². The predicted molar refractivity (Wildman–Crippen MR) is 133 cm³/mol. The van der Waals surface area contributed by atoms with Crippen LogP contribution in [0.3, 0.4) is 0 Å². The van der Waals surface area contributed by atoms with Gasteiger partial charge in [-0.1, -0.05) is 33.8 Å². The van der Waals surface area contributed by atoms with Gasteiger partial charge in [-0.05, 0) is 60.0 Å². The fraction of sp³-hybridized carbons (Fsp3) is 0.185. The number of nitrogen functional groups attached to an aromatic ring is 1. The van der Waals surface area contributed by atoms with Crippen LogP contribution >= 0.6 is 0 Å². The molecule has 0 unspecified atom stereocenters. The molecule has 34 heavy (non-hydrogen) atoms. The van der Waals surface area contributed by atoms with E-state index < -0.39 is 17.3 Å². The molecule has 0 aliphatic heterocycles. The summed E-state index contributed by atoms with van der Waals surface area (Å²) in [4.78, 5) is 11.3. The zero-order valence-electron chi connectivity index (χ0n) is 19.5. The molecule has 0 amide bonds. The van der Waals surface area contributed by atoms with Crippen molar-refractivity contribution in [3.05, 3.63) is 83.1 Å². The third-order valence-electron chi connectivity index (χ3n) is 5.48. The third kappa shape index (κ3) is 4.29. The molecule has 0 spiro atoms. The molecule has 0 saturated heterocycles. The number of aromatic nitrogens is 1. The number of hydrogen-bond acceptors (Lipinski definition) is 3. The van der Waals surface area contributed by atoms with E-state index in [0.29, 0.717) is 28.1 Å². The summed E-state index contributed by atoms with van der Waals surface area (Å²) in [5.74, 6) is -2.58. The van der Waals surface area contributed by atoms with E-state index in [9.17, 15) is 18.7 Å². The van der Waals surface area contributed by atoms with Crippen LogP contribution in [0.4, 0.5) is 14.5 Å². The average molecular weight is 464 g/mol. The molecule has 4 aromatic rings. The van der Waals surface area contributed by atoms with Crippen LogP contribution < -0.4 is 5.73 Å². The van der Waals surface area contributed by atoms with Gasteiger partial charge in [-0.3, -0.25) is 0 Å². The molecule has 0 aliphatic carbocycles. The first-order valence-electron chi connectivity index (χ1n) is 11.0. The highest BCUT2D eigenvalue weighted by Gasteiger charge is 2.24. The molecule has 0 bridgehead atoms. The van der Waals surface area contributed by atoms with Crippen molar-refractivity contribution < 1.29 is 18.7 Å². The van der Waals surface area contributed by atoms with E-state index in [-0.39, 0.29) is 11.7 Å². The molecule has 0 radical (unpaired) electrons. The van der Waals surface area contributed by atoms with Gasteiger partial charge in [-0.25, -0.2) is 13.6 Å². The number of carboxylic acids is 1. The number of aromatic carboxylic acids is 1. The summed E-state index contributed by atoms with van der Waals surface area (Å²) >= 11 is 0. The molecule has 0 fully saturated rings. The normalized spacial score (nSPS) is 10.8. The fourth-order valence-electron chi connectivity index (χ4n) is 4.07. The highest BCUT2D eigenvalue weighted by Crippen LogP contribution is 2.42. The van der Waals surface area contributed by atoms with Crippen molar-refractivity contribution in [1.82, 2.24) is 4.57 Å². The van der Waals surface area contributed by atoms with Crippen LogP contribution in [0.25, 0.3) is 27.7 Å². The fourth-order valence-corrected chi connectivity index (χ4v) is 4.07. The molecule has 1 heterocycles. The van der Waals surface area contributed by atoms with E-state index >= 15 is 0 Å². The topological polar surface area (TPSA) is 92.1 Å². The van der Waals surface area contributed by atoms with E-state index in [1.807, 2.05) is 32.3 Å². The van der Waals surface area contributed by atoms with Gasteiger partial charge in [0.2, 0.25) is 0 Å². The number of carbonyl (C=O) groups is 1. The molecule has 176 valence electrons. The van der Waals surface area contributed by atoms with Crippen LogP contribution in [-0.2, 0) is 0 Å². The van der Waals surface area contributed by atoms with Crippen molar-refractivity contribution in [2.45, 2.75) is 33.6 Å². The molecule has 0 aliphatic rings. The Morgan fingerprint density at radius 2 is 1.71 bits per heavy atom. The Hall–Kier alpha value is -4.00. The number of hydrogen-bond donors (Lipinski definition) is 3. The van der Waals surface area contributed by atoms with Gasteiger partial charge >= 0.3 is 5.97 Å². The Balaban J connectivity index is 0.00000158. The van der Waals surface area contributed by atoms with Crippen molar-refractivity contribution in [2.24, 2.45) is 0 Å². The lowest BCUT2D eigenvalue weighted by Gasteiger charge is -2.16. The Morgan fingerprint density at radius 3 is 2.24 bits per heavy atom. The maximum Gasteiger partial charge on any atom is 0.338 e. The lowest BCUT2D eigenvalue weighted by Crippen LogP contribution is -2.04. The molecule has 3 aromatic carbocycles. The average Bonchev–Trinajstić information content (AvgIpc) is 3.14. The minimum Gasteiger partial charge on any atom is -0.478 e. The predicted octanol–water partition coefficient (Wildman–Crippen LogP) is 7.00. The van der Waals surface area contributed by atoms with Gasteiger partial charge in [0.15, 0.2) is 0 Å². The summed E-state index contributed by atoms with van der Waals surface area (Å²) in [6, 6.07) is 13.6. The van der Waals surface area contributed by atoms with Crippen molar-refractivity contribution in [1.29, 1.82) is 5.41 Å². The summed E-state index contributed by atoms with van der Waals surface area (Å²) < 4.78 is 30.2. The van der Waals surface area contributed by atoms with Gasteiger partial charge in [0.05, 0.1) is 11.1 Å². The van der Waals surface area contributed by atoms with Crippen LogP contribution in [0.2, 0.25) is 0 Å². The second kappa shape index (κ2) is 9.87. The Labute approximate surface area is 197 Å². The third-order valence-corrected chi connectivity index (χ3v) is 5.48. The van der Waals surface area contributed by atoms with Crippen LogP contribution in [0.5, 0.6) is 0 Å². The van der Waals surface area contributed by atoms with Crippen LogP contribution in [0, 0.1) is 17.0 Å². The highest BCUT2D eigenvalue weighted by atomic mass is 19.1. The first kappa shape index (κ1) is 24.6. The summed E-state index contributed by atoms with van der Waals surface area (Å²) in [6.45, 7) is 7.97. The molecule has 0 saturated carbocycles. The number of anilines is 1. The maximum absolute atomic E-state index is 14.6.